The molecule has 0 N–H and O–H groups in total. The largest absolute Gasteiger partial charge is 0.395 e. The predicted molar refractivity (Wildman–Crippen MR) is 92.2 cm³/mol. The fourth-order valence-electron chi connectivity index (χ4n) is 2.52. The average molecular weight is 374 g/mol. The predicted octanol–water partition coefficient (Wildman–Crippen LogP) is 2.98. The Morgan fingerprint density at radius 2 is 2.17 bits per heavy atom. The van der Waals surface area contributed by atoms with E-state index in [9.17, 15) is 10.1 Å². The Balaban J connectivity index is 1.66. The summed E-state index contributed by atoms with van der Waals surface area (Å²) < 4.78 is 4.58. The second-order valence-corrected chi connectivity index (χ2v) is 7.34. The van der Waals surface area contributed by atoms with Gasteiger partial charge in [-0.1, -0.05) is 11.2 Å². The van der Waals surface area contributed by atoms with Gasteiger partial charge in [0.05, 0.1) is 24.4 Å². The van der Waals surface area contributed by atoms with E-state index in [0.717, 1.165) is 0 Å². The van der Waals surface area contributed by atoms with Crippen LogP contribution < -0.4 is 4.90 Å². The van der Waals surface area contributed by atoms with E-state index in [0.29, 0.717) is 50.6 Å². The number of ether oxygens (including phenoxy) is 1. The van der Waals surface area contributed by atoms with Crippen molar-refractivity contribution in [1.82, 2.24) is 0 Å². The van der Waals surface area contributed by atoms with Crippen LogP contribution >= 0.6 is 23.2 Å². The molecular weight excluding hydrogens is 357 g/mol. The van der Waals surface area contributed by atoms with Crippen molar-refractivity contribution in [2.45, 2.75) is 10.8 Å². The second-order valence-electron chi connectivity index (χ2n) is 5.80. The molecule has 3 rings (SSSR count). The van der Waals surface area contributed by atoms with Crippen LogP contribution in [0, 0.1) is 16.0 Å². The fourth-order valence-corrected chi connectivity index (χ4v) is 3.02. The zero-order valence-electron chi connectivity index (χ0n) is 12.9. The van der Waals surface area contributed by atoms with Gasteiger partial charge in [-0.15, -0.1) is 23.2 Å². The van der Waals surface area contributed by atoms with Crippen LogP contribution in [-0.2, 0) is 9.57 Å². The molecule has 7 nitrogen and oxygen atoms in total. The Labute approximate surface area is 149 Å². The zero-order chi connectivity index (χ0) is 17.2. The maximum atomic E-state index is 11.4. The van der Waals surface area contributed by atoms with E-state index in [4.69, 9.17) is 32.8 Å². The summed E-state index contributed by atoms with van der Waals surface area (Å²) >= 11 is 11.8. The van der Waals surface area contributed by atoms with Crippen LogP contribution in [0.3, 0.4) is 0 Å². The molecule has 1 saturated carbocycles. The lowest BCUT2D eigenvalue weighted by atomic mass is 10.1. The van der Waals surface area contributed by atoms with E-state index >= 15 is 0 Å². The Morgan fingerprint density at radius 3 is 2.79 bits per heavy atom. The van der Waals surface area contributed by atoms with E-state index in [1.54, 1.807) is 12.1 Å². The molecule has 0 amide bonds. The number of hydrogen-bond acceptors (Lipinski definition) is 6. The van der Waals surface area contributed by atoms with Crippen molar-refractivity contribution >= 4 is 40.8 Å². The molecular formula is C15H17Cl2N3O4. The van der Waals surface area contributed by atoms with E-state index in [1.165, 1.54) is 12.3 Å². The maximum Gasteiger partial charge on any atom is 0.293 e. The Kier molecular flexibility index (Phi) is 5.12. The van der Waals surface area contributed by atoms with Gasteiger partial charge in [0.1, 0.15) is 16.6 Å². The monoisotopic (exact) mass is 373 g/mol. The highest BCUT2D eigenvalue weighted by Gasteiger charge is 2.52. The topological polar surface area (TPSA) is 77.2 Å². The molecule has 1 aliphatic carbocycles. The van der Waals surface area contributed by atoms with Gasteiger partial charge in [0.15, 0.2) is 0 Å². The third-order valence-corrected chi connectivity index (χ3v) is 4.98. The number of rotatable bonds is 6. The number of alkyl halides is 2. The molecule has 2 fully saturated rings. The molecule has 1 aromatic carbocycles. The van der Waals surface area contributed by atoms with Gasteiger partial charge in [0.25, 0.3) is 5.69 Å². The number of anilines is 1. The highest BCUT2D eigenvalue weighted by molar-refractivity contribution is 6.50. The van der Waals surface area contributed by atoms with Gasteiger partial charge < -0.3 is 14.5 Å². The van der Waals surface area contributed by atoms with Crippen LogP contribution in [0.1, 0.15) is 12.0 Å². The highest BCUT2D eigenvalue weighted by Crippen LogP contribution is 2.53. The summed E-state index contributed by atoms with van der Waals surface area (Å²) in [4.78, 5) is 18.1. The Hall–Kier alpha value is -1.57. The van der Waals surface area contributed by atoms with E-state index in [-0.39, 0.29) is 16.5 Å². The van der Waals surface area contributed by atoms with Crippen LogP contribution in [-0.4, -0.2) is 48.4 Å². The zero-order valence-corrected chi connectivity index (χ0v) is 14.4. The van der Waals surface area contributed by atoms with Crippen molar-refractivity contribution in [2.24, 2.45) is 11.1 Å². The first-order valence-electron chi connectivity index (χ1n) is 7.62. The third kappa shape index (κ3) is 4.09. The Bertz CT molecular complexity index is 648. The van der Waals surface area contributed by atoms with E-state index in [2.05, 4.69) is 5.16 Å². The SMILES string of the molecule is O=[N+]([O-])c1cc(/C=N\OC[C@@H]2CC2(Cl)Cl)ccc1N1CCOCC1. The van der Waals surface area contributed by atoms with Gasteiger partial charge in [-0.3, -0.25) is 10.1 Å². The number of oxime groups is 1. The minimum absolute atomic E-state index is 0.0450. The molecule has 1 saturated heterocycles. The molecule has 0 radical (unpaired) electrons. The first-order valence-corrected chi connectivity index (χ1v) is 8.37. The lowest BCUT2D eigenvalue weighted by Crippen LogP contribution is -2.36. The molecule has 1 heterocycles. The summed E-state index contributed by atoms with van der Waals surface area (Å²) in [5.41, 5.74) is 1.23. The molecule has 9 heteroatoms. The second kappa shape index (κ2) is 7.13. The molecule has 0 unspecified atom stereocenters. The molecule has 2 aliphatic rings. The fraction of sp³-hybridized carbons (Fsp3) is 0.533. The van der Waals surface area contributed by atoms with Crippen LogP contribution in [0.25, 0.3) is 0 Å². The number of hydrogen-bond donors (Lipinski definition) is 0. The number of halogens is 2. The van der Waals surface area contributed by atoms with Crippen molar-refractivity contribution in [2.75, 3.05) is 37.8 Å². The molecule has 130 valence electrons. The van der Waals surface area contributed by atoms with Crippen molar-refractivity contribution in [3.05, 3.63) is 33.9 Å². The van der Waals surface area contributed by atoms with Crippen molar-refractivity contribution < 1.29 is 14.5 Å². The molecule has 24 heavy (non-hydrogen) atoms. The summed E-state index contributed by atoms with van der Waals surface area (Å²) in [5, 5.41) is 15.2. The van der Waals surface area contributed by atoms with Crippen LogP contribution in [0.5, 0.6) is 0 Å². The summed E-state index contributed by atoms with van der Waals surface area (Å²) in [7, 11) is 0. The quantitative estimate of drug-likeness (QED) is 0.331. The summed E-state index contributed by atoms with van der Waals surface area (Å²) in [6.07, 6.45) is 2.13. The molecule has 1 atom stereocenters. The van der Waals surface area contributed by atoms with Crippen molar-refractivity contribution in [3.8, 4) is 0 Å². The summed E-state index contributed by atoms with van der Waals surface area (Å²) in [5.74, 6) is 0.0796. The van der Waals surface area contributed by atoms with Crippen molar-refractivity contribution in [3.63, 3.8) is 0 Å². The molecule has 1 aromatic rings. The van der Waals surface area contributed by atoms with E-state index in [1.807, 2.05) is 4.90 Å². The normalized spacial score (nSPS) is 22.6. The number of benzene rings is 1. The highest BCUT2D eigenvalue weighted by atomic mass is 35.5. The van der Waals surface area contributed by atoms with E-state index < -0.39 is 4.33 Å². The number of nitro benzene ring substituents is 1. The lowest BCUT2D eigenvalue weighted by molar-refractivity contribution is -0.384. The number of nitrogens with zero attached hydrogens (tertiary/aromatic N) is 3. The summed E-state index contributed by atoms with van der Waals surface area (Å²) in [6.45, 7) is 2.74. The van der Waals surface area contributed by atoms with Gasteiger partial charge in [-0.2, -0.15) is 0 Å². The molecule has 0 spiro atoms. The maximum absolute atomic E-state index is 11.4. The minimum atomic E-state index is -0.700. The van der Waals surface area contributed by atoms with Gasteiger partial charge in [-0.05, 0) is 12.5 Å². The van der Waals surface area contributed by atoms with Crippen molar-refractivity contribution in [1.29, 1.82) is 0 Å². The third-order valence-electron chi connectivity index (χ3n) is 4.06. The minimum Gasteiger partial charge on any atom is -0.395 e. The lowest BCUT2D eigenvalue weighted by Gasteiger charge is -2.28. The van der Waals surface area contributed by atoms with Crippen LogP contribution in [0.4, 0.5) is 11.4 Å². The summed E-state index contributed by atoms with van der Waals surface area (Å²) in [6, 6.07) is 4.99. The molecule has 0 aromatic heterocycles. The average Bonchev–Trinajstić information content (AvgIpc) is 3.19. The van der Waals surface area contributed by atoms with Crippen LogP contribution in [0.2, 0.25) is 0 Å². The van der Waals surface area contributed by atoms with Gasteiger partial charge in [0, 0.05) is 30.6 Å². The molecule has 0 bridgehead atoms. The van der Waals surface area contributed by atoms with Gasteiger partial charge >= 0.3 is 0 Å². The van der Waals surface area contributed by atoms with Gasteiger partial charge in [0.2, 0.25) is 0 Å². The smallest absolute Gasteiger partial charge is 0.293 e. The Morgan fingerprint density at radius 1 is 1.46 bits per heavy atom. The first-order chi connectivity index (χ1) is 11.5. The first kappa shape index (κ1) is 17.3. The standard InChI is InChI=1S/C15H17Cl2N3O4/c16-15(17)8-12(15)10-24-18-9-11-1-2-13(14(7-11)20(21)22)19-3-5-23-6-4-19/h1-2,7,9,12H,3-6,8,10H2/b18-9-/t12-/m0/s1. The number of morpholine rings is 1. The molecule has 1 aliphatic heterocycles. The number of nitro groups is 1. The van der Waals surface area contributed by atoms with Gasteiger partial charge in [-0.25, -0.2) is 0 Å². The van der Waals surface area contributed by atoms with Crippen LogP contribution in [0.15, 0.2) is 23.4 Å².